The van der Waals surface area contributed by atoms with Gasteiger partial charge in [0.05, 0.1) is 6.61 Å². The standard InChI is InChI=1S/C11H17NO/c1-9(2)12-7-10-5-3-4-6-11(10)8-13/h3-6,9,12-13H,7-8H2,1-2H3. The summed E-state index contributed by atoms with van der Waals surface area (Å²) in [5, 5.41) is 12.4. The van der Waals surface area contributed by atoms with Crippen molar-refractivity contribution in [1.29, 1.82) is 0 Å². The third-order valence-electron chi connectivity index (χ3n) is 1.99. The number of nitrogens with one attached hydrogen (secondary N) is 1. The molecule has 0 spiro atoms. The maximum absolute atomic E-state index is 9.06. The smallest absolute Gasteiger partial charge is 0.0685 e. The van der Waals surface area contributed by atoms with Crippen LogP contribution in [0.3, 0.4) is 0 Å². The van der Waals surface area contributed by atoms with Crippen molar-refractivity contribution < 1.29 is 5.11 Å². The summed E-state index contributed by atoms with van der Waals surface area (Å²) in [5.41, 5.74) is 2.19. The van der Waals surface area contributed by atoms with E-state index in [1.54, 1.807) is 0 Å². The van der Waals surface area contributed by atoms with Gasteiger partial charge in [0.1, 0.15) is 0 Å². The number of aliphatic hydroxyl groups excluding tert-OH is 1. The van der Waals surface area contributed by atoms with Gasteiger partial charge in [-0.1, -0.05) is 38.1 Å². The first kappa shape index (κ1) is 10.2. The Kier molecular flexibility index (Phi) is 3.93. The summed E-state index contributed by atoms with van der Waals surface area (Å²) >= 11 is 0. The average molecular weight is 179 g/mol. The Hall–Kier alpha value is -0.860. The van der Waals surface area contributed by atoms with Crippen LogP contribution in [-0.2, 0) is 13.2 Å². The van der Waals surface area contributed by atoms with Gasteiger partial charge in [-0.05, 0) is 11.1 Å². The lowest BCUT2D eigenvalue weighted by Crippen LogP contribution is -2.22. The van der Waals surface area contributed by atoms with Crippen LogP contribution in [0.2, 0.25) is 0 Å². The largest absolute Gasteiger partial charge is 0.392 e. The Bertz CT molecular complexity index is 258. The zero-order chi connectivity index (χ0) is 9.68. The summed E-state index contributed by atoms with van der Waals surface area (Å²) in [7, 11) is 0. The minimum Gasteiger partial charge on any atom is -0.392 e. The molecule has 0 bridgehead atoms. The van der Waals surface area contributed by atoms with Gasteiger partial charge in [0.25, 0.3) is 0 Å². The first-order chi connectivity index (χ1) is 6.24. The maximum Gasteiger partial charge on any atom is 0.0685 e. The van der Waals surface area contributed by atoms with Gasteiger partial charge >= 0.3 is 0 Å². The molecule has 1 rings (SSSR count). The summed E-state index contributed by atoms with van der Waals surface area (Å²) in [4.78, 5) is 0. The lowest BCUT2D eigenvalue weighted by Gasteiger charge is -2.10. The summed E-state index contributed by atoms with van der Waals surface area (Å²) in [5.74, 6) is 0. The van der Waals surface area contributed by atoms with Gasteiger partial charge in [0.15, 0.2) is 0 Å². The first-order valence-electron chi connectivity index (χ1n) is 4.65. The van der Waals surface area contributed by atoms with E-state index in [1.165, 1.54) is 5.56 Å². The van der Waals surface area contributed by atoms with Crippen LogP contribution in [0.5, 0.6) is 0 Å². The zero-order valence-electron chi connectivity index (χ0n) is 8.25. The highest BCUT2D eigenvalue weighted by molar-refractivity contribution is 5.26. The molecule has 2 heteroatoms. The molecule has 0 aliphatic heterocycles. The molecule has 0 amide bonds. The molecule has 2 N–H and O–H groups in total. The highest BCUT2D eigenvalue weighted by atomic mass is 16.3. The third kappa shape index (κ3) is 3.17. The fourth-order valence-electron chi connectivity index (χ4n) is 1.20. The summed E-state index contributed by atoms with van der Waals surface area (Å²) in [6.45, 7) is 5.17. The predicted octanol–water partition coefficient (Wildman–Crippen LogP) is 1.68. The van der Waals surface area contributed by atoms with Crippen LogP contribution < -0.4 is 5.32 Å². The number of hydrogen-bond donors (Lipinski definition) is 2. The van der Waals surface area contributed by atoms with Crippen LogP contribution in [0.25, 0.3) is 0 Å². The molecule has 0 aromatic heterocycles. The monoisotopic (exact) mass is 179 g/mol. The SMILES string of the molecule is CC(C)NCc1ccccc1CO. The lowest BCUT2D eigenvalue weighted by atomic mass is 10.1. The Labute approximate surface area is 79.6 Å². The van der Waals surface area contributed by atoms with Gasteiger partial charge in [0.2, 0.25) is 0 Å². The topological polar surface area (TPSA) is 32.3 Å². The van der Waals surface area contributed by atoms with E-state index in [1.807, 2.05) is 24.3 Å². The van der Waals surface area contributed by atoms with E-state index in [-0.39, 0.29) is 6.61 Å². The predicted molar refractivity (Wildman–Crippen MR) is 54.3 cm³/mol. The minimum absolute atomic E-state index is 0.121. The molecule has 13 heavy (non-hydrogen) atoms. The van der Waals surface area contributed by atoms with E-state index in [9.17, 15) is 0 Å². The molecule has 0 fully saturated rings. The van der Waals surface area contributed by atoms with E-state index >= 15 is 0 Å². The Balaban J connectivity index is 2.64. The molecule has 0 saturated heterocycles. The van der Waals surface area contributed by atoms with Gasteiger partial charge in [-0.2, -0.15) is 0 Å². The fourth-order valence-corrected chi connectivity index (χ4v) is 1.20. The molecule has 0 atom stereocenters. The molecular formula is C11H17NO. The molecule has 0 unspecified atom stereocenters. The first-order valence-corrected chi connectivity index (χ1v) is 4.65. The Morgan fingerprint density at radius 3 is 2.38 bits per heavy atom. The quantitative estimate of drug-likeness (QED) is 0.737. The highest BCUT2D eigenvalue weighted by Gasteiger charge is 2.00. The summed E-state index contributed by atoms with van der Waals surface area (Å²) in [6.07, 6.45) is 0. The van der Waals surface area contributed by atoms with Crippen molar-refractivity contribution >= 4 is 0 Å². The third-order valence-corrected chi connectivity index (χ3v) is 1.99. The molecule has 0 aliphatic carbocycles. The van der Waals surface area contributed by atoms with Crippen LogP contribution in [0.4, 0.5) is 0 Å². The number of hydrogen-bond acceptors (Lipinski definition) is 2. The molecule has 0 aliphatic rings. The van der Waals surface area contributed by atoms with Crippen LogP contribution in [0.1, 0.15) is 25.0 Å². The van der Waals surface area contributed by atoms with Crippen LogP contribution >= 0.6 is 0 Å². The highest BCUT2D eigenvalue weighted by Crippen LogP contribution is 2.08. The molecule has 1 aromatic rings. The average Bonchev–Trinajstić information content (AvgIpc) is 2.15. The molecule has 1 aromatic carbocycles. The summed E-state index contributed by atoms with van der Waals surface area (Å²) < 4.78 is 0. The second-order valence-corrected chi connectivity index (χ2v) is 3.46. The van der Waals surface area contributed by atoms with Crippen LogP contribution in [0, 0.1) is 0 Å². The van der Waals surface area contributed by atoms with E-state index in [0.29, 0.717) is 6.04 Å². The molecule has 0 radical (unpaired) electrons. The van der Waals surface area contributed by atoms with Crippen molar-refractivity contribution in [1.82, 2.24) is 5.32 Å². The van der Waals surface area contributed by atoms with E-state index in [2.05, 4.69) is 19.2 Å². The second-order valence-electron chi connectivity index (χ2n) is 3.46. The number of rotatable bonds is 4. The Morgan fingerprint density at radius 1 is 1.23 bits per heavy atom. The molecule has 2 nitrogen and oxygen atoms in total. The van der Waals surface area contributed by atoms with Gasteiger partial charge in [-0.25, -0.2) is 0 Å². The zero-order valence-corrected chi connectivity index (χ0v) is 8.25. The van der Waals surface area contributed by atoms with Crippen molar-refractivity contribution in [2.24, 2.45) is 0 Å². The lowest BCUT2D eigenvalue weighted by molar-refractivity contribution is 0.280. The Morgan fingerprint density at radius 2 is 1.85 bits per heavy atom. The van der Waals surface area contributed by atoms with Crippen LogP contribution in [0.15, 0.2) is 24.3 Å². The van der Waals surface area contributed by atoms with Crippen molar-refractivity contribution in [3.8, 4) is 0 Å². The number of aliphatic hydroxyl groups is 1. The van der Waals surface area contributed by atoms with Crippen molar-refractivity contribution in [2.45, 2.75) is 33.0 Å². The molecule has 0 saturated carbocycles. The minimum atomic E-state index is 0.121. The van der Waals surface area contributed by atoms with Gasteiger partial charge in [0, 0.05) is 12.6 Å². The fraction of sp³-hybridized carbons (Fsp3) is 0.455. The molecule has 0 heterocycles. The molecular weight excluding hydrogens is 162 g/mol. The van der Waals surface area contributed by atoms with Gasteiger partial charge < -0.3 is 10.4 Å². The van der Waals surface area contributed by atoms with Crippen molar-refractivity contribution in [3.05, 3.63) is 35.4 Å². The van der Waals surface area contributed by atoms with Gasteiger partial charge in [-0.3, -0.25) is 0 Å². The van der Waals surface area contributed by atoms with Crippen molar-refractivity contribution in [3.63, 3.8) is 0 Å². The van der Waals surface area contributed by atoms with E-state index < -0.39 is 0 Å². The van der Waals surface area contributed by atoms with Crippen LogP contribution in [-0.4, -0.2) is 11.1 Å². The summed E-state index contributed by atoms with van der Waals surface area (Å²) in [6, 6.07) is 8.42. The maximum atomic E-state index is 9.06. The second kappa shape index (κ2) is 5.00. The number of benzene rings is 1. The van der Waals surface area contributed by atoms with E-state index in [0.717, 1.165) is 12.1 Å². The normalized spacial score (nSPS) is 10.8. The molecule has 72 valence electrons. The van der Waals surface area contributed by atoms with Crippen molar-refractivity contribution in [2.75, 3.05) is 0 Å². The van der Waals surface area contributed by atoms with E-state index in [4.69, 9.17) is 5.11 Å². The van der Waals surface area contributed by atoms with Gasteiger partial charge in [-0.15, -0.1) is 0 Å².